The van der Waals surface area contributed by atoms with Crippen molar-refractivity contribution in [3.05, 3.63) is 70.8 Å². The maximum absolute atomic E-state index is 13.6. The predicted molar refractivity (Wildman–Crippen MR) is 81.0 cm³/mol. The van der Waals surface area contributed by atoms with Crippen LogP contribution in [-0.4, -0.2) is 19.6 Å². The number of hydrogen-bond acceptors (Lipinski definition) is 3. The molecule has 2 aromatic carbocycles. The van der Waals surface area contributed by atoms with Crippen LogP contribution in [0.4, 0.5) is 8.78 Å². The lowest BCUT2D eigenvalue weighted by atomic mass is 10.1. The molecule has 1 aliphatic rings. The number of benzene rings is 2. The third-order valence-electron chi connectivity index (χ3n) is 3.91. The van der Waals surface area contributed by atoms with Gasteiger partial charge in [0.15, 0.2) is 0 Å². The number of aliphatic hydroxyl groups excluding tert-OH is 1. The first-order chi connectivity index (χ1) is 10.9. The summed E-state index contributed by atoms with van der Waals surface area (Å²) in [6.45, 7) is 0. The molecule has 0 aliphatic heterocycles. The maximum atomic E-state index is 13.6. The third-order valence-corrected chi connectivity index (χ3v) is 5.19. The van der Waals surface area contributed by atoms with E-state index in [0.717, 1.165) is 17.7 Å². The van der Waals surface area contributed by atoms with E-state index in [4.69, 9.17) is 0 Å². The zero-order valence-electron chi connectivity index (χ0n) is 12.0. The van der Waals surface area contributed by atoms with Gasteiger partial charge in [-0.25, -0.2) is 21.9 Å². The molecule has 0 fully saturated rings. The molecule has 122 valence electrons. The van der Waals surface area contributed by atoms with Gasteiger partial charge in [0, 0.05) is 12.0 Å². The van der Waals surface area contributed by atoms with Gasteiger partial charge in [0.25, 0.3) is 0 Å². The van der Waals surface area contributed by atoms with E-state index in [1.54, 1.807) is 18.2 Å². The number of sulfonamides is 1. The van der Waals surface area contributed by atoms with E-state index in [1.165, 1.54) is 6.07 Å². The van der Waals surface area contributed by atoms with Crippen LogP contribution < -0.4 is 4.72 Å². The molecule has 23 heavy (non-hydrogen) atoms. The molecule has 0 aromatic heterocycles. The van der Waals surface area contributed by atoms with Gasteiger partial charge in [0.1, 0.15) is 11.6 Å². The van der Waals surface area contributed by atoms with Gasteiger partial charge in [-0.15, -0.1) is 0 Å². The zero-order chi connectivity index (χ0) is 16.6. The van der Waals surface area contributed by atoms with E-state index in [-0.39, 0.29) is 0 Å². The summed E-state index contributed by atoms with van der Waals surface area (Å²) in [6.07, 6.45) is -0.579. The molecule has 3 rings (SSSR count). The summed E-state index contributed by atoms with van der Waals surface area (Å²) in [5.74, 6) is -2.65. The molecule has 7 heteroatoms. The van der Waals surface area contributed by atoms with E-state index >= 15 is 0 Å². The molecule has 2 N–H and O–H groups in total. The fourth-order valence-corrected chi connectivity index (χ4v) is 4.22. The second-order valence-electron chi connectivity index (χ2n) is 5.53. The predicted octanol–water partition coefficient (Wildman–Crippen LogP) is 2.04. The Labute approximate surface area is 132 Å². The van der Waals surface area contributed by atoms with Crippen molar-refractivity contribution in [1.29, 1.82) is 0 Å². The molecule has 0 spiro atoms. The summed E-state index contributed by atoms with van der Waals surface area (Å²) in [4.78, 5) is 0. The number of hydrogen-bond donors (Lipinski definition) is 2. The molecule has 1 aliphatic carbocycles. The molecule has 2 aromatic rings. The van der Waals surface area contributed by atoms with Crippen LogP contribution in [0.5, 0.6) is 0 Å². The zero-order valence-corrected chi connectivity index (χ0v) is 12.9. The molecule has 0 unspecified atom stereocenters. The van der Waals surface area contributed by atoms with Crippen molar-refractivity contribution in [2.75, 3.05) is 0 Å². The van der Waals surface area contributed by atoms with Crippen molar-refractivity contribution in [1.82, 2.24) is 4.72 Å². The second kappa shape index (κ2) is 5.99. The van der Waals surface area contributed by atoms with Crippen LogP contribution in [-0.2, 0) is 22.2 Å². The van der Waals surface area contributed by atoms with E-state index in [0.29, 0.717) is 12.0 Å². The van der Waals surface area contributed by atoms with Gasteiger partial charge in [0.2, 0.25) is 10.0 Å². The van der Waals surface area contributed by atoms with Crippen molar-refractivity contribution >= 4 is 10.0 Å². The summed E-state index contributed by atoms with van der Waals surface area (Å²) in [6, 6.07) is 9.45. The summed E-state index contributed by atoms with van der Waals surface area (Å²) in [5, 5.41) is 10.1. The van der Waals surface area contributed by atoms with Crippen LogP contribution >= 0.6 is 0 Å². The van der Waals surface area contributed by atoms with E-state index in [9.17, 15) is 22.3 Å². The van der Waals surface area contributed by atoms with Crippen molar-refractivity contribution in [2.24, 2.45) is 0 Å². The van der Waals surface area contributed by atoms with Gasteiger partial charge in [-0.3, -0.25) is 0 Å². The second-order valence-corrected chi connectivity index (χ2v) is 7.28. The van der Waals surface area contributed by atoms with Gasteiger partial charge in [-0.1, -0.05) is 30.3 Å². The molecule has 0 heterocycles. The number of rotatable bonds is 4. The van der Waals surface area contributed by atoms with Gasteiger partial charge in [-0.05, 0) is 23.3 Å². The molecule has 0 amide bonds. The van der Waals surface area contributed by atoms with E-state index in [1.807, 2.05) is 6.07 Å². The lowest BCUT2D eigenvalue weighted by Gasteiger charge is -2.18. The highest BCUT2D eigenvalue weighted by Crippen LogP contribution is 2.32. The standard InChI is InChI=1S/C16H15F2NO3S/c17-13-6-3-7-14(18)12(13)9-23(21,22)19-16-11-5-2-1-4-10(11)8-15(16)20/h1-7,15-16,19-20H,8-9H2/t15-,16+/m1/s1. The van der Waals surface area contributed by atoms with Crippen molar-refractivity contribution in [2.45, 2.75) is 24.3 Å². The largest absolute Gasteiger partial charge is 0.391 e. The molecule has 0 bridgehead atoms. The molecular weight excluding hydrogens is 324 g/mol. The Kier molecular flexibility index (Phi) is 4.18. The monoisotopic (exact) mass is 339 g/mol. The average Bonchev–Trinajstić information content (AvgIpc) is 2.79. The van der Waals surface area contributed by atoms with Crippen LogP contribution in [0, 0.1) is 11.6 Å². The summed E-state index contributed by atoms with van der Waals surface area (Å²) >= 11 is 0. The Morgan fingerprint density at radius 2 is 1.74 bits per heavy atom. The van der Waals surface area contributed by atoms with Crippen LogP contribution in [0.25, 0.3) is 0 Å². The molecule has 2 atom stereocenters. The summed E-state index contributed by atoms with van der Waals surface area (Å²) in [5.41, 5.74) is 1.02. The Morgan fingerprint density at radius 3 is 2.43 bits per heavy atom. The first-order valence-electron chi connectivity index (χ1n) is 7.06. The fourth-order valence-electron chi connectivity index (χ4n) is 2.81. The minimum Gasteiger partial charge on any atom is -0.391 e. The lowest BCUT2D eigenvalue weighted by Crippen LogP contribution is -2.35. The SMILES string of the molecule is O=S(=O)(Cc1c(F)cccc1F)N[C@H]1c2ccccc2C[C@H]1O. The molecular formula is C16H15F2NO3S. The number of aliphatic hydroxyl groups is 1. The van der Waals surface area contributed by atoms with Crippen LogP contribution in [0.1, 0.15) is 22.7 Å². The number of fused-ring (bicyclic) bond motifs is 1. The first kappa shape index (κ1) is 16.0. The van der Waals surface area contributed by atoms with Gasteiger partial charge in [0.05, 0.1) is 17.9 Å². The Bertz CT molecular complexity index is 819. The quantitative estimate of drug-likeness (QED) is 0.896. The van der Waals surface area contributed by atoms with Gasteiger partial charge in [-0.2, -0.15) is 0 Å². The minimum atomic E-state index is -4.03. The number of halogens is 2. The Balaban J connectivity index is 1.85. The highest BCUT2D eigenvalue weighted by atomic mass is 32.2. The van der Waals surface area contributed by atoms with Crippen LogP contribution in [0.3, 0.4) is 0 Å². The summed E-state index contributed by atoms with van der Waals surface area (Å²) in [7, 11) is -4.03. The molecule has 4 nitrogen and oxygen atoms in total. The normalized spacial score (nSPS) is 20.5. The Morgan fingerprint density at radius 1 is 1.09 bits per heavy atom. The van der Waals surface area contributed by atoms with Crippen molar-refractivity contribution < 1.29 is 22.3 Å². The first-order valence-corrected chi connectivity index (χ1v) is 8.71. The maximum Gasteiger partial charge on any atom is 0.216 e. The Hall–Kier alpha value is -1.83. The van der Waals surface area contributed by atoms with Crippen molar-refractivity contribution in [3.8, 4) is 0 Å². The number of nitrogens with one attached hydrogen (secondary N) is 1. The van der Waals surface area contributed by atoms with Gasteiger partial charge < -0.3 is 5.11 Å². The molecule has 0 saturated carbocycles. The third kappa shape index (κ3) is 3.26. The summed E-state index contributed by atoms with van der Waals surface area (Å²) < 4.78 is 54.1. The van der Waals surface area contributed by atoms with E-state index < -0.39 is 45.1 Å². The molecule has 0 radical (unpaired) electrons. The van der Waals surface area contributed by atoms with Crippen molar-refractivity contribution in [3.63, 3.8) is 0 Å². The average molecular weight is 339 g/mol. The van der Waals surface area contributed by atoms with Gasteiger partial charge >= 0.3 is 0 Å². The fraction of sp³-hybridized carbons (Fsp3) is 0.250. The molecule has 0 saturated heterocycles. The topological polar surface area (TPSA) is 66.4 Å². The lowest BCUT2D eigenvalue weighted by molar-refractivity contribution is 0.151. The van der Waals surface area contributed by atoms with Crippen LogP contribution in [0.2, 0.25) is 0 Å². The highest BCUT2D eigenvalue weighted by molar-refractivity contribution is 7.88. The minimum absolute atomic E-state index is 0.331. The highest BCUT2D eigenvalue weighted by Gasteiger charge is 2.34. The smallest absolute Gasteiger partial charge is 0.216 e. The van der Waals surface area contributed by atoms with Crippen LogP contribution in [0.15, 0.2) is 42.5 Å². The van der Waals surface area contributed by atoms with E-state index in [2.05, 4.69) is 4.72 Å².